The molecule has 0 bridgehead atoms. The van der Waals surface area contributed by atoms with Gasteiger partial charge in [0.25, 0.3) is 0 Å². The van der Waals surface area contributed by atoms with E-state index >= 15 is 0 Å². The maximum atomic E-state index is 10.8. The molecule has 0 saturated heterocycles. The molecule has 3 heteroatoms. The van der Waals surface area contributed by atoms with Gasteiger partial charge in [-0.25, -0.2) is 0 Å². The van der Waals surface area contributed by atoms with Crippen molar-refractivity contribution in [2.75, 3.05) is 6.54 Å². The summed E-state index contributed by atoms with van der Waals surface area (Å²) >= 11 is 5.77. The summed E-state index contributed by atoms with van der Waals surface area (Å²) in [4.78, 5) is 14.7. The fraction of sp³-hybridized carbons (Fsp3) is 0.429. The van der Waals surface area contributed by atoms with Gasteiger partial charge < -0.3 is 0 Å². The molecule has 1 aliphatic rings. The van der Waals surface area contributed by atoms with Crippen LogP contribution in [0.4, 0.5) is 0 Å². The largest absolute Gasteiger partial charge is 0.295 e. The van der Waals surface area contributed by atoms with Gasteiger partial charge in [-0.3, -0.25) is 9.79 Å². The third-order valence-corrected chi connectivity index (χ3v) is 1.74. The molecule has 2 nitrogen and oxygen atoms in total. The van der Waals surface area contributed by atoms with Crippen molar-refractivity contribution in [1.29, 1.82) is 0 Å². The Hall–Kier alpha value is -0.630. The Morgan fingerprint density at radius 2 is 2.60 bits per heavy atom. The molecule has 0 aromatic heterocycles. The van der Waals surface area contributed by atoms with Crippen LogP contribution in [0, 0.1) is 0 Å². The van der Waals surface area contributed by atoms with Gasteiger partial charge in [0.05, 0.1) is 11.9 Å². The first-order chi connectivity index (χ1) is 4.72. The maximum Gasteiger partial charge on any atom is 0.157 e. The zero-order chi connectivity index (χ0) is 7.56. The Morgan fingerprint density at radius 1 is 1.90 bits per heavy atom. The number of rotatable bonds is 1. The maximum absolute atomic E-state index is 10.8. The number of dihydropyridines is 1. The Bertz CT molecular complexity index is 208. The van der Waals surface area contributed by atoms with Gasteiger partial charge >= 0.3 is 0 Å². The van der Waals surface area contributed by atoms with Gasteiger partial charge in [0.15, 0.2) is 5.78 Å². The second-order valence-electron chi connectivity index (χ2n) is 2.16. The molecule has 0 aromatic carbocycles. The zero-order valence-electron chi connectivity index (χ0n) is 5.67. The molecule has 0 radical (unpaired) electrons. The molecule has 1 aliphatic heterocycles. The van der Waals surface area contributed by atoms with Crippen molar-refractivity contribution in [2.45, 2.75) is 12.3 Å². The minimum atomic E-state index is -0.220. The lowest BCUT2D eigenvalue weighted by molar-refractivity contribution is -0.113. The highest BCUT2D eigenvalue weighted by Crippen LogP contribution is 2.13. The molecule has 1 atom stereocenters. The predicted molar refractivity (Wildman–Crippen MR) is 41.8 cm³/mol. The molecule has 54 valence electrons. The topological polar surface area (TPSA) is 29.4 Å². The SMILES string of the molecule is CC(=O)C1=CC=NCC1Cl. The predicted octanol–water partition coefficient (Wildman–Crippen LogP) is 1.19. The number of aliphatic imine (C=N–C) groups is 1. The first-order valence-electron chi connectivity index (χ1n) is 3.07. The summed E-state index contributed by atoms with van der Waals surface area (Å²) in [6, 6.07) is 0. The lowest BCUT2D eigenvalue weighted by atomic mass is 10.1. The molecule has 10 heavy (non-hydrogen) atoms. The van der Waals surface area contributed by atoms with Crippen molar-refractivity contribution in [1.82, 2.24) is 0 Å². The number of ketones is 1. The first-order valence-corrected chi connectivity index (χ1v) is 3.50. The van der Waals surface area contributed by atoms with Gasteiger partial charge in [0.1, 0.15) is 0 Å². The van der Waals surface area contributed by atoms with Crippen LogP contribution in [0.5, 0.6) is 0 Å². The Morgan fingerprint density at radius 3 is 3.00 bits per heavy atom. The number of hydrogen-bond acceptors (Lipinski definition) is 2. The van der Waals surface area contributed by atoms with Crippen molar-refractivity contribution in [3.05, 3.63) is 11.6 Å². The van der Waals surface area contributed by atoms with Crippen molar-refractivity contribution in [3.8, 4) is 0 Å². The molecule has 1 rings (SSSR count). The van der Waals surface area contributed by atoms with Crippen molar-refractivity contribution in [3.63, 3.8) is 0 Å². The summed E-state index contributed by atoms with van der Waals surface area (Å²) in [6.45, 7) is 2.04. The summed E-state index contributed by atoms with van der Waals surface area (Å²) in [5.74, 6) is 0.0335. The van der Waals surface area contributed by atoms with Gasteiger partial charge in [-0.2, -0.15) is 0 Å². The zero-order valence-corrected chi connectivity index (χ0v) is 6.43. The average Bonchev–Trinajstić information content (AvgIpc) is 1.88. The first kappa shape index (κ1) is 7.48. The number of hydrogen-bond donors (Lipinski definition) is 0. The number of carbonyl (C=O) groups is 1. The van der Waals surface area contributed by atoms with Crippen molar-refractivity contribution >= 4 is 23.6 Å². The highest BCUT2D eigenvalue weighted by atomic mass is 35.5. The molecule has 0 fully saturated rings. The normalized spacial score (nSPS) is 24.2. The lowest BCUT2D eigenvalue weighted by Crippen LogP contribution is -2.16. The Balaban J connectivity index is 2.80. The lowest BCUT2D eigenvalue weighted by Gasteiger charge is -2.10. The van der Waals surface area contributed by atoms with E-state index in [9.17, 15) is 4.79 Å². The van der Waals surface area contributed by atoms with Crippen LogP contribution in [0.15, 0.2) is 16.6 Å². The van der Waals surface area contributed by atoms with E-state index in [2.05, 4.69) is 4.99 Å². The molecule has 0 aliphatic carbocycles. The fourth-order valence-corrected chi connectivity index (χ4v) is 1.13. The summed E-state index contributed by atoms with van der Waals surface area (Å²) < 4.78 is 0. The minimum Gasteiger partial charge on any atom is -0.295 e. The monoisotopic (exact) mass is 157 g/mol. The van der Waals surface area contributed by atoms with Gasteiger partial charge in [-0.05, 0) is 13.0 Å². The van der Waals surface area contributed by atoms with Crippen LogP contribution in [0.3, 0.4) is 0 Å². The minimum absolute atomic E-state index is 0.0335. The van der Waals surface area contributed by atoms with Crippen molar-refractivity contribution in [2.24, 2.45) is 4.99 Å². The van der Waals surface area contributed by atoms with Crippen LogP contribution in [-0.2, 0) is 4.79 Å². The van der Waals surface area contributed by atoms with Crippen molar-refractivity contribution < 1.29 is 4.79 Å². The molecule has 0 saturated carbocycles. The van der Waals surface area contributed by atoms with E-state index in [1.807, 2.05) is 0 Å². The molecular formula is C7H8ClNO. The van der Waals surface area contributed by atoms with E-state index in [4.69, 9.17) is 11.6 Å². The molecule has 0 amide bonds. The summed E-state index contributed by atoms with van der Waals surface area (Å²) in [6.07, 6.45) is 3.29. The molecular weight excluding hydrogens is 150 g/mol. The third kappa shape index (κ3) is 1.45. The highest BCUT2D eigenvalue weighted by molar-refractivity contribution is 6.26. The number of carbonyl (C=O) groups excluding carboxylic acids is 1. The average molecular weight is 158 g/mol. The van der Waals surface area contributed by atoms with E-state index in [1.165, 1.54) is 6.92 Å². The number of nitrogens with zero attached hydrogens (tertiary/aromatic N) is 1. The summed E-state index contributed by atoms with van der Waals surface area (Å²) in [7, 11) is 0. The van der Waals surface area contributed by atoms with Gasteiger partial charge in [-0.1, -0.05) is 0 Å². The number of alkyl halides is 1. The van der Waals surface area contributed by atoms with Crippen LogP contribution < -0.4 is 0 Å². The van der Waals surface area contributed by atoms with Crippen LogP contribution >= 0.6 is 11.6 Å². The molecule has 0 spiro atoms. The quantitative estimate of drug-likeness (QED) is 0.526. The van der Waals surface area contributed by atoms with Crippen LogP contribution in [-0.4, -0.2) is 23.9 Å². The van der Waals surface area contributed by atoms with Crippen LogP contribution in [0.2, 0.25) is 0 Å². The molecule has 1 unspecified atom stereocenters. The van der Waals surface area contributed by atoms with Crippen LogP contribution in [0.25, 0.3) is 0 Å². The van der Waals surface area contributed by atoms with Gasteiger partial charge in [-0.15, -0.1) is 11.6 Å². The van der Waals surface area contributed by atoms with Gasteiger partial charge in [0.2, 0.25) is 0 Å². The van der Waals surface area contributed by atoms with E-state index < -0.39 is 0 Å². The number of halogens is 1. The summed E-state index contributed by atoms with van der Waals surface area (Å²) in [5.41, 5.74) is 0.664. The number of allylic oxidation sites excluding steroid dienone is 1. The summed E-state index contributed by atoms with van der Waals surface area (Å²) in [5, 5.41) is -0.220. The number of Topliss-reactive ketones (excluding diaryl/α,β-unsaturated/α-hetero) is 1. The smallest absolute Gasteiger partial charge is 0.157 e. The van der Waals surface area contributed by atoms with E-state index in [0.29, 0.717) is 12.1 Å². The Labute approximate surface area is 64.6 Å². The molecule has 0 aromatic rings. The fourth-order valence-electron chi connectivity index (χ4n) is 0.827. The molecule has 1 heterocycles. The third-order valence-electron chi connectivity index (χ3n) is 1.37. The second kappa shape index (κ2) is 2.97. The highest BCUT2D eigenvalue weighted by Gasteiger charge is 2.15. The molecule has 0 N–H and O–H groups in total. The van der Waals surface area contributed by atoms with E-state index in [-0.39, 0.29) is 11.2 Å². The Kier molecular flexibility index (Phi) is 2.22. The standard InChI is InChI=1S/C7H8ClNO/c1-5(10)6-2-3-9-4-7(6)8/h2-3,7H,4H2,1H3. The van der Waals surface area contributed by atoms with Gasteiger partial charge in [0, 0.05) is 11.8 Å². The second-order valence-corrected chi connectivity index (χ2v) is 2.69. The van der Waals surface area contributed by atoms with E-state index in [1.54, 1.807) is 12.3 Å². The van der Waals surface area contributed by atoms with E-state index in [0.717, 1.165) is 0 Å². The van der Waals surface area contributed by atoms with Crippen LogP contribution in [0.1, 0.15) is 6.92 Å².